The number of guanidine groups is 1. The van der Waals surface area contributed by atoms with Crippen molar-refractivity contribution in [2.45, 2.75) is 39.3 Å². The van der Waals surface area contributed by atoms with Gasteiger partial charge < -0.3 is 15.7 Å². The molecule has 0 radical (unpaired) electrons. The fourth-order valence-corrected chi connectivity index (χ4v) is 3.79. The maximum absolute atomic E-state index is 10.3. The predicted molar refractivity (Wildman–Crippen MR) is 117 cm³/mol. The summed E-state index contributed by atoms with van der Waals surface area (Å²) in [5.74, 6) is 0.864. The second-order valence-electron chi connectivity index (χ2n) is 7.28. The summed E-state index contributed by atoms with van der Waals surface area (Å²) in [6.45, 7) is 7.75. The Hall–Kier alpha value is -2.31. The van der Waals surface area contributed by atoms with Crippen LogP contribution < -0.4 is 10.6 Å². The highest BCUT2D eigenvalue weighted by Gasteiger charge is 2.16. The van der Waals surface area contributed by atoms with Gasteiger partial charge in [0.2, 0.25) is 0 Å². The van der Waals surface area contributed by atoms with Crippen LogP contribution in [0.25, 0.3) is 0 Å². The molecule has 3 aromatic rings. The lowest BCUT2D eigenvalue weighted by Gasteiger charge is -2.21. The Kier molecular flexibility index (Phi) is 6.19. The Morgan fingerprint density at radius 3 is 2.37 bits per heavy atom. The molecule has 0 atom stereocenters. The summed E-state index contributed by atoms with van der Waals surface area (Å²) < 4.78 is 0. The maximum atomic E-state index is 10.3. The van der Waals surface area contributed by atoms with Crippen LogP contribution in [0.5, 0.6) is 5.75 Å². The minimum Gasteiger partial charge on any atom is -0.506 e. The number of phenols is 1. The van der Waals surface area contributed by atoms with E-state index in [2.05, 4.69) is 54.3 Å². The Morgan fingerprint density at radius 2 is 1.74 bits per heavy atom. The van der Waals surface area contributed by atoms with Crippen LogP contribution in [-0.2, 0) is 18.5 Å². The molecule has 0 unspecified atom stereocenters. The molecule has 1 aromatic carbocycles. The normalized spacial score (nSPS) is 12.2. The molecule has 0 bridgehead atoms. The van der Waals surface area contributed by atoms with Crippen molar-refractivity contribution in [1.82, 2.24) is 5.32 Å². The van der Waals surface area contributed by atoms with E-state index in [4.69, 9.17) is 4.99 Å². The summed E-state index contributed by atoms with van der Waals surface area (Å²) in [7, 11) is 0. The van der Waals surface area contributed by atoms with Gasteiger partial charge in [0.15, 0.2) is 5.96 Å². The second kappa shape index (κ2) is 8.59. The molecule has 3 rings (SSSR count). The monoisotopic (exact) mass is 399 g/mol. The van der Waals surface area contributed by atoms with E-state index in [0.717, 1.165) is 5.56 Å². The van der Waals surface area contributed by atoms with Crippen molar-refractivity contribution in [2.24, 2.45) is 4.99 Å². The number of hydrogen-bond donors (Lipinski definition) is 3. The molecule has 0 spiro atoms. The minimum absolute atomic E-state index is 0.00278. The van der Waals surface area contributed by atoms with Gasteiger partial charge in [-0.2, -0.15) is 0 Å². The van der Waals surface area contributed by atoms with Crippen LogP contribution in [0.3, 0.4) is 0 Å². The third kappa shape index (κ3) is 5.58. The summed E-state index contributed by atoms with van der Waals surface area (Å²) in [5.41, 5.74) is 1.81. The lowest BCUT2D eigenvalue weighted by molar-refractivity contribution is 0.476. The highest BCUT2D eigenvalue weighted by molar-refractivity contribution is 7.10. The summed E-state index contributed by atoms with van der Waals surface area (Å²) in [6, 6.07) is 13.9. The second-order valence-corrected chi connectivity index (χ2v) is 9.35. The Balaban J connectivity index is 1.80. The molecule has 2 aromatic heterocycles. The van der Waals surface area contributed by atoms with Crippen LogP contribution in [0, 0.1) is 0 Å². The molecule has 0 amide bonds. The number of benzene rings is 1. The Morgan fingerprint density at radius 1 is 1.04 bits per heavy atom. The number of hydrogen-bond acceptors (Lipinski definition) is 4. The average Bonchev–Trinajstić information content (AvgIpc) is 3.31. The van der Waals surface area contributed by atoms with Gasteiger partial charge in [0.05, 0.1) is 18.8 Å². The van der Waals surface area contributed by atoms with Crippen LogP contribution in [0.4, 0.5) is 5.69 Å². The summed E-state index contributed by atoms with van der Waals surface area (Å²) in [6.07, 6.45) is 0. The van der Waals surface area contributed by atoms with E-state index in [1.54, 1.807) is 28.7 Å². The van der Waals surface area contributed by atoms with Crippen molar-refractivity contribution < 1.29 is 5.11 Å². The summed E-state index contributed by atoms with van der Waals surface area (Å²) >= 11 is 3.39. The molecular weight excluding hydrogens is 374 g/mol. The maximum Gasteiger partial charge on any atom is 0.196 e. The van der Waals surface area contributed by atoms with E-state index in [-0.39, 0.29) is 11.2 Å². The van der Waals surface area contributed by atoms with E-state index in [0.29, 0.717) is 24.7 Å². The SMILES string of the molecule is CC(C)(C)c1ccc(O)c(NC(=NCc2cccs2)NCc2cccs2)c1. The summed E-state index contributed by atoms with van der Waals surface area (Å²) in [4.78, 5) is 7.12. The van der Waals surface area contributed by atoms with Gasteiger partial charge in [-0.05, 0) is 46.0 Å². The molecule has 6 heteroatoms. The van der Waals surface area contributed by atoms with E-state index in [9.17, 15) is 5.11 Å². The average molecular weight is 400 g/mol. The first kappa shape index (κ1) is 19.5. The molecule has 0 aliphatic rings. The first-order valence-electron chi connectivity index (χ1n) is 8.85. The zero-order chi connectivity index (χ0) is 19.3. The topological polar surface area (TPSA) is 56.6 Å². The first-order valence-corrected chi connectivity index (χ1v) is 10.6. The molecule has 3 N–H and O–H groups in total. The predicted octanol–water partition coefficient (Wildman–Crippen LogP) is 5.57. The molecule has 0 saturated carbocycles. The molecule has 0 aliphatic heterocycles. The van der Waals surface area contributed by atoms with Crippen molar-refractivity contribution in [3.63, 3.8) is 0 Å². The lowest BCUT2D eigenvalue weighted by Crippen LogP contribution is -2.30. The molecular formula is C21H25N3OS2. The van der Waals surface area contributed by atoms with Gasteiger partial charge in [-0.3, -0.25) is 0 Å². The number of aromatic hydroxyl groups is 1. The highest BCUT2D eigenvalue weighted by Crippen LogP contribution is 2.30. The smallest absolute Gasteiger partial charge is 0.196 e. The van der Waals surface area contributed by atoms with E-state index in [1.807, 2.05) is 24.3 Å². The number of phenolic OH excluding ortho intramolecular Hbond substituents is 1. The molecule has 27 heavy (non-hydrogen) atoms. The zero-order valence-corrected chi connectivity index (χ0v) is 17.5. The molecule has 0 aliphatic carbocycles. The van der Waals surface area contributed by atoms with Crippen LogP contribution in [-0.4, -0.2) is 11.1 Å². The molecule has 0 fully saturated rings. The number of rotatable bonds is 5. The molecule has 0 saturated heterocycles. The van der Waals surface area contributed by atoms with Crippen LogP contribution >= 0.6 is 22.7 Å². The van der Waals surface area contributed by atoms with Crippen LogP contribution in [0.1, 0.15) is 36.1 Å². The van der Waals surface area contributed by atoms with Crippen molar-refractivity contribution in [3.8, 4) is 5.75 Å². The highest BCUT2D eigenvalue weighted by atomic mass is 32.1. The zero-order valence-electron chi connectivity index (χ0n) is 15.8. The molecule has 2 heterocycles. The number of nitrogens with zero attached hydrogens (tertiary/aromatic N) is 1. The third-order valence-corrected chi connectivity index (χ3v) is 5.84. The lowest BCUT2D eigenvalue weighted by atomic mass is 9.87. The third-order valence-electron chi connectivity index (χ3n) is 4.10. The van der Waals surface area contributed by atoms with E-state index >= 15 is 0 Å². The van der Waals surface area contributed by atoms with Gasteiger partial charge in [-0.15, -0.1) is 22.7 Å². The van der Waals surface area contributed by atoms with Gasteiger partial charge in [0.25, 0.3) is 0 Å². The van der Waals surface area contributed by atoms with Crippen LogP contribution in [0.2, 0.25) is 0 Å². The van der Waals surface area contributed by atoms with Gasteiger partial charge >= 0.3 is 0 Å². The van der Waals surface area contributed by atoms with Gasteiger partial charge in [-0.1, -0.05) is 39.0 Å². The molecule has 4 nitrogen and oxygen atoms in total. The van der Waals surface area contributed by atoms with Crippen molar-refractivity contribution in [2.75, 3.05) is 5.32 Å². The molecule has 142 valence electrons. The van der Waals surface area contributed by atoms with Crippen molar-refractivity contribution >= 4 is 34.3 Å². The standard InChI is InChI=1S/C21H25N3OS2/c1-21(2,3)15-8-9-19(25)18(12-15)24-20(22-13-16-6-4-10-26-16)23-14-17-7-5-11-27-17/h4-12,25H,13-14H2,1-3H3,(H2,22,23,24). The fraction of sp³-hybridized carbons (Fsp3) is 0.286. The van der Waals surface area contributed by atoms with E-state index < -0.39 is 0 Å². The van der Waals surface area contributed by atoms with Gasteiger partial charge in [0.1, 0.15) is 5.75 Å². The largest absolute Gasteiger partial charge is 0.506 e. The fourth-order valence-electron chi connectivity index (χ4n) is 2.51. The minimum atomic E-state index is 0.00278. The Labute approximate surface area is 168 Å². The number of nitrogens with one attached hydrogen (secondary N) is 2. The van der Waals surface area contributed by atoms with Gasteiger partial charge in [-0.25, -0.2) is 4.99 Å². The van der Waals surface area contributed by atoms with Gasteiger partial charge in [0, 0.05) is 9.75 Å². The van der Waals surface area contributed by atoms with E-state index in [1.165, 1.54) is 9.75 Å². The quantitative estimate of drug-likeness (QED) is 0.299. The van der Waals surface area contributed by atoms with Crippen LogP contribution in [0.15, 0.2) is 58.2 Å². The van der Waals surface area contributed by atoms with Crippen molar-refractivity contribution in [1.29, 1.82) is 0 Å². The van der Waals surface area contributed by atoms with Crippen molar-refractivity contribution in [3.05, 3.63) is 68.5 Å². The number of aliphatic imine (C=N–C) groups is 1. The number of anilines is 1. The first-order chi connectivity index (χ1) is 12.9. The summed E-state index contributed by atoms with van der Waals surface area (Å²) in [5, 5.41) is 21.1. The number of thiophene rings is 2. The Bertz CT molecular complexity index is 879.